The second-order valence-corrected chi connectivity index (χ2v) is 5.31. The standard InChI is InChI=1S/C13H12N6O2S/c1-3-21-13(20)11-8(2)16-12(22-11)9-4-5-14-10(6-9)19-7-15-17-18-19/h4-7H,3H2,1-2H3. The molecule has 3 heterocycles. The van der Waals surface area contributed by atoms with E-state index in [0.29, 0.717) is 23.0 Å². The number of nitrogens with zero attached hydrogens (tertiary/aromatic N) is 6. The molecule has 0 amide bonds. The van der Waals surface area contributed by atoms with Crippen molar-refractivity contribution in [3.8, 4) is 16.4 Å². The lowest BCUT2D eigenvalue weighted by Crippen LogP contribution is -2.03. The molecule has 0 N–H and O–H groups in total. The van der Waals surface area contributed by atoms with E-state index in [-0.39, 0.29) is 5.97 Å². The van der Waals surface area contributed by atoms with Crippen molar-refractivity contribution >= 4 is 17.3 Å². The van der Waals surface area contributed by atoms with Crippen molar-refractivity contribution in [1.29, 1.82) is 0 Å². The third-order valence-electron chi connectivity index (χ3n) is 2.83. The smallest absolute Gasteiger partial charge is 0.350 e. The van der Waals surface area contributed by atoms with Crippen molar-refractivity contribution in [1.82, 2.24) is 30.2 Å². The van der Waals surface area contributed by atoms with Gasteiger partial charge < -0.3 is 4.74 Å². The molecule has 0 fully saturated rings. The highest BCUT2D eigenvalue weighted by molar-refractivity contribution is 7.17. The lowest BCUT2D eigenvalue weighted by Gasteiger charge is -2.00. The molecule has 0 spiro atoms. The lowest BCUT2D eigenvalue weighted by atomic mass is 10.2. The van der Waals surface area contributed by atoms with Crippen LogP contribution in [0.4, 0.5) is 0 Å². The molecule has 9 heteroatoms. The van der Waals surface area contributed by atoms with Crippen molar-refractivity contribution in [2.24, 2.45) is 0 Å². The summed E-state index contributed by atoms with van der Waals surface area (Å²) in [6.07, 6.45) is 3.11. The number of ether oxygens (including phenoxy) is 1. The zero-order valence-corrected chi connectivity index (χ0v) is 12.7. The number of aromatic nitrogens is 6. The highest BCUT2D eigenvalue weighted by Crippen LogP contribution is 2.28. The van der Waals surface area contributed by atoms with E-state index in [1.807, 2.05) is 12.1 Å². The zero-order valence-electron chi connectivity index (χ0n) is 11.9. The average molecular weight is 316 g/mol. The number of tetrazole rings is 1. The van der Waals surface area contributed by atoms with E-state index in [9.17, 15) is 4.79 Å². The number of rotatable bonds is 4. The normalized spacial score (nSPS) is 10.6. The van der Waals surface area contributed by atoms with Crippen LogP contribution in [-0.2, 0) is 4.74 Å². The Labute approximate surface area is 129 Å². The van der Waals surface area contributed by atoms with Crippen LogP contribution in [0.25, 0.3) is 16.4 Å². The molecule has 0 unspecified atom stereocenters. The van der Waals surface area contributed by atoms with Crippen molar-refractivity contribution in [2.45, 2.75) is 13.8 Å². The van der Waals surface area contributed by atoms with E-state index in [0.717, 1.165) is 10.6 Å². The first-order valence-corrected chi connectivity index (χ1v) is 7.35. The number of carbonyl (C=O) groups excluding carboxylic acids is 1. The van der Waals surface area contributed by atoms with Gasteiger partial charge in [0, 0.05) is 11.8 Å². The van der Waals surface area contributed by atoms with Crippen LogP contribution in [-0.4, -0.2) is 42.8 Å². The molecule has 0 radical (unpaired) electrons. The van der Waals surface area contributed by atoms with Crippen LogP contribution < -0.4 is 0 Å². The van der Waals surface area contributed by atoms with Gasteiger partial charge in [-0.3, -0.25) is 0 Å². The number of pyridine rings is 1. The molecule has 112 valence electrons. The molecule has 22 heavy (non-hydrogen) atoms. The van der Waals surface area contributed by atoms with Gasteiger partial charge in [0.1, 0.15) is 16.2 Å². The first-order chi connectivity index (χ1) is 10.7. The lowest BCUT2D eigenvalue weighted by molar-refractivity contribution is 0.0531. The molecule has 0 atom stereocenters. The minimum atomic E-state index is -0.349. The highest BCUT2D eigenvalue weighted by Gasteiger charge is 2.17. The van der Waals surface area contributed by atoms with Gasteiger partial charge in [-0.25, -0.2) is 14.8 Å². The van der Waals surface area contributed by atoms with Crippen LogP contribution in [0.2, 0.25) is 0 Å². The Bertz CT molecular complexity index is 799. The Kier molecular flexibility index (Phi) is 3.88. The van der Waals surface area contributed by atoms with E-state index in [2.05, 4.69) is 25.5 Å². The number of thiazole rings is 1. The summed E-state index contributed by atoms with van der Waals surface area (Å²) in [4.78, 5) is 21.0. The van der Waals surface area contributed by atoms with Gasteiger partial charge in [-0.2, -0.15) is 4.68 Å². The summed E-state index contributed by atoms with van der Waals surface area (Å²) in [5.74, 6) is 0.228. The number of aryl methyl sites for hydroxylation is 1. The Morgan fingerprint density at radius 2 is 2.32 bits per heavy atom. The Balaban J connectivity index is 1.97. The van der Waals surface area contributed by atoms with E-state index in [1.165, 1.54) is 22.3 Å². The maximum Gasteiger partial charge on any atom is 0.350 e. The third kappa shape index (κ3) is 2.70. The number of esters is 1. The Hall–Kier alpha value is -2.68. The molecule has 0 aliphatic carbocycles. The summed E-state index contributed by atoms with van der Waals surface area (Å²) < 4.78 is 6.48. The third-order valence-corrected chi connectivity index (χ3v) is 4.02. The van der Waals surface area contributed by atoms with Crippen molar-refractivity contribution < 1.29 is 9.53 Å². The maximum absolute atomic E-state index is 11.9. The first-order valence-electron chi connectivity index (χ1n) is 6.53. The minimum absolute atomic E-state index is 0.338. The molecule has 0 aromatic carbocycles. The summed E-state index contributed by atoms with van der Waals surface area (Å²) in [5, 5.41) is 11.7. The largest absolute Gasteiger partial charge is 0.462 e. The monoisotopic (exact) mass is 316 g/mol. The molecule has 0 aliphatic heterocycles. The van der Waals surface area contributed by atoms with Crippen LogP contribution in [0.5, 0.6) is 0 Å². The van der Waals surface area contributed by atoms with Crippen molar-refractivity contribution in [3.05, 3.63) is 35.2 Å². The summed E-state index contributed by atoms with van der Waals surface area (Å²) >= 11 is 1.29. The molecule has 3 aromatic heterocycles. The number of hydrogen-bond donors (Lipinski definition) is 0. The number of carbonyl (C=O) groups is 1. The molecule has 0 bridgehead atoms. The molecular formula is C13H12N6O2S. The summed E-state index contributed by atoms with van der Waals surface area (Å²) in [6.45, 7) is 3.90. The fraction of sp³-hybridized carbons (Fsp3) is 0.231. The minimum Gasteiger partial charge on any atom is -0.462 e. The van der Waals surface area contributed by atoms with Crippen LogP contribution in [0.3, 0.4) is 0 Å². The van der Waals surface area contributed by atoms with Gasteiger partial charge in [-0.15, -0.1) is 16.4 Å². The van der Waals surface area contributed by atoms with E-state index in [4.69, 9.17) is 4.74 Å². The molecule has 0 saturated heterocycles. The van der Waals surface area contributed by atoms with Crippen LogP contribution in [0.1, 0.15) is 22.3 Å². The van der Waals surface area contributed by atoms with Crippen molar-refractivity contribution in [2.75, 3.05) is 6.61 Å². The fourth-order valence-corrected chi connectivity index (χ4v) is 2.81. The van der Waals surface area contributed by atoms with Crippen LogP contribution >= 0.6 is 11.3 Å². The quantitative estimate of drug-likeness (QED) is 0.675. The van der Waals surface area contributed by atoms with Crippen LogP contribution in [0.15, 0.2) is 24.7 Å². The summed E-state index contributed by atoms with van der Waals surface area (Å²) in [5.41, 5.74) is 1.49. The predicted molar refractivity (Wildman–Crippen MR) is 78.8 cm³/mol. The van der Waals surface area contributed by atoms with Gasteiger partial charge in [-0.1, -0.05) is 0 Å². The molecule has 3 aromatic rings. The predicted octanol–water partition coefficient (Wildman–Crippen LogP) is 1.67. The molecule has 0 saturated carbocycles. The van der Waals surface area contributed by atoms with E-state index >= 15 is 0 Å². The molecule has 0 aliphatic rings. The topological polar surface area (TPSA) is 95.7 Å². The number of hydrogen-bond acceptors (Lipinski definition) is 8. The average Bonchev–Trinajstić information content (AvgIpc) is 3.17. The second kappa shape index (κ2) is 5.98. The SMILES string of the molecule is CCOC(=O)c1sc(-c2ccnc(-n3cnnn3)c2)nc1C. The summed E-state index contributed by atoms with van der Waals surface area (Å²) in [6, 6.07) is 3.63. The van der Waals surface area contributed by atoms with Gasteiger partial charge in [0.25, 0.3) is 0 Å². The Morgan fingerprint density at radius 1 is 1.45 bits per heavy atom. The van der Waals surface area contributed by atoms with Gasteiger partial charge in [-0.05, 0) is 36.4 Å². The summed E-state index contributed by atoms with van der Waals surface area (Å²) in [7, 11) is 0. The second-order valence-electron chi connectivity index (χ2n) is 4.31. The molecule has 8 nitrogen and oxygen atoms in total. The molecule has 3 rings (SSSR count). The van der Waals surface area contributed by atoms with E-state index in [1.54, 1.807) is 20.0 Å². The van der Waals surface area contributed by atoms with Gasteiger partial charge in [0.05, 0.1) is 12.3 Å². The van der Waals surface area contributed by atoms with Crippen molar-refractivity contribution in [3.63, 3.8) is 0 Å². The fourth-order valence-electron chi connectivity index (χ4n) is 1.85. The zero-order chi connectivity index (χ0) is 15.5. The first kappa shape index (κ1) is 14.3. The van der Waals surface area contributed by atoms with Gasteiger partial charge in [0.15, 0.2) is 5.82 Å². The Morgan fingerprint density at radius 3 is 3.05 bits per heavy atom. The van der Waals surface area contributed by atoms with Gasteiger partial charge >= 0.3 is 5.97 Å². The highest BCUT2D eigenvalue weighted by atomic mass is 32.1. The maximum atomic E-state index is 11.9. The van der Waals surface area contributed by atoms with Crippen LogP contribution in [0, 0.1) is 6.92 Å². The van der Waals surface area contributed by atoms with Gasteiger partial charge in [0.2, 0.25) is 0 Å². The molecular weight excluding hydrogens is 304 g/mol. The van der Waals surface area contributed by atoms with E-state index < -0.39 is 0 Å².